The Kier molecular flexibility index (Phi) is 7.41. The average molecular weight is 472 g/mol. The van der Waals surface area contributed by atoms with Crippen molar-refractivity contribution in [3.8, 4) is 28.3 Å². The van der Waals surface area contributed by atoms with Crippen LogP contribution in [-0.2, 0) is 5.41 Å². The number of anilines is 1. The molecule has 0 bridgehead atoms. The molecule has 2 aromatic heterocycles. The molecule has 0 atom stereocenters. The van der Waals surface area contributed by atoms with Gasteiger partial charge in [-0.05, 0) is 54.2 Å². The SMILES string of the molecule is CCN(CC)CCNc1cc(-c2[nH]c(C(C)(C)C)nc2-c2ccc3cc(OC)ccc3c2)ccn1. The maximum atomic E-state index is 5.39. The Hall–Kier alpha value is -3.38. The third-order valence-corrected chi connectivity index (χ3v) is 6.41. The summed E-state index contributed by atoms with van der Waals surface area (Å²) >= 11 is 0. The third-order valence-electron chi connectivity index (χ3n) is 6.41. The van der Waals surface area contributed by atoms with Crippen molar-refractivity contribution in [1.82, 2.24) is 19.9 Å². The molecule has 184 valence electrons. The minimum atomic E-state index is -0.102. The lowest BCUT2D eigenvalue weighted by Gasteiger charge is -2.18. The molecule has 0 saturated carbocycles. The predicted octanol–water partition coefficient (Wildman–Crippen LogP) is 6.35. The van der Waals surface area contributed by atoms with E-state index in [9.17, 15) is 0 Å². The smallest absolute Gasteiger partial charge is 0.126 e. The van der Waals surface area contributed by atoms with E-state index in [4.69, 9.17) is 9.72 Å². The molecular formula is C29H37N5O. The zero-order valence-electron chi connectivity index (χ0n) is 21.8. The summed E-state index contributed by atoms with van der Waals surface area (Å²) in [4.78, 5) is 15.7. The Morgan fingerprint density at radius 3 is 2.40 bits per heavy atom. The van der Waals surface area contributed by atoms with Crippen LogP contribution in [0.25, 0.3) is 33.3 Å². The van der Waals surface area contributed by atoms with Gasteiger partial charge in [0.05, 0.1) is 18.5 Å². The van der Waals surface area contributed by atoms with E-state index in [2.05, 4.69) is 91.2 Å². The highest BCUT2D eigenvalue weighted by Gasteiger charge is 2.23. The highest BCUT2D eigenvalue weighted by atomic mass is 16.5. The zero-order valence-corrected chi connectivity index (χ0v) is 21.8. The Labute approximate surface area is 208 Å². The Balaban J connectivity index is 1.71. The molecular weight excluding hydrogens is 434 g/mol. The number of H-pyrrole nitrogens is 1. The van der Waals surface area contributed by atoms with Crippen molar-refractivity contribution < 1.29 is 4.74 Å². The van der Waals surface area contributed by atoms with Crippen LogP contribution in [0.15, 0.2) is 54.7 Å². The monoisotopic (exact) mass is 471 g/mol. The van der Waals surface area contributed by atoms with Crippen LogP contribution in [0.5, 0.6) is 5.75 Å². The molecule has 0 spiro atoms. The van der Waals surface area contributed by atoms with Gasteiger partial charge in [-0.2, -0.15) is 0 Å². The minimum Gasteiger partial charge on any atom is -0.497 e. The number of hydrogen-bond acceptors (Lipinski definition) is 5. The first-order chi connectivity index (χ1) is 16.8. The van der Waals surface area contributed by atoms with Crippen LogP contribution >= 0.6 is 0 Å². The highest BCUT2D eigenvalue weighted by molar-refractivity contribution is 5.90. The fourth-order valence-corrected chi connectivity index (χ4v) is 4.21. The van der Waals surface area contributed by atoms with Crippen molar-refractivity contribution in [3.05, 3.63) is 60.6 Å². The van der Waals surface area contributed by atoms with Crippen LogP contribution in [0, 0.1) is 0 Å². The Morgan fingerprint density at radius 2 is 1.69 bits per heavy atom. The number of rotatable bonds is 9. The van der Waals surface area contributed by atoms with Crippen molar-refractivity contribution in [2.75, 3.05) is 38.6 Å². The molecule has 0 aliphatic rings. The lowest BCUT2D eigenvalue weighted by Crippen LogP contribution is -2.28. The number of pyridine rings is 1. The van der Waals surface area contributed by atoms with Crippen LogP contribution in [0.3, 0.4) is 0 Å². The van der Waals surface area contributed by atoms with E-state index in [0.717, 1.165) is 76.9 Å². The maximum Gasteiger partial charge on any atom is 0.126 e. The summed E-state index contributed by atoms with van der Waals surface area (Å²) in [5, 5.41) is 5.79. The Bertz CT molecular complexity index is 1280. The fraction of sp³-hybridized carbons (Fsp3) is 0.379. The van der Waals surface area contributed by atoms with E-state index in [1.54, 1.807) is 7.11 Å². The largest absolute Gasteiger partial charge is 0.497 e. The van der Waals surface area contributed by atoms with Crippen molar-refractivity contribution >= 4 is 16.6 Å². The summed E-state index contributed by atoms with van der Waals surface area (Å²) in [6, 6.07) is 16.8. The van der Waals surface area contributed by atoms with Crippen LogP contribution in [0.4, 0.5) is 5.82 Å². The van der Waals surface area contributed by atoms with Crippen molar-refractivity contribution in [1.29, 1.82) is 0 Å². The summed E-state index contributed by atoms with van der Waals surface area (Å²) in [6.07, 6.45) is 1.86. The van der Waals surface area contributed by atoms with E-state index in [-0.39, 0.29) is 5.41 Å². The molecule has 0 fully saturated rings. The number of benzene rings is 2. The van der Waals surface area contributed by atoms with E-state index in [1.807, 2.05) is 18.3 Å². The van der Waals surface area contributed by atoms with Crippen LogP contribution in [-0.4, -0.2) is 53.1 Å². The first-order valence-electron chi connectivity index (χ1n) is 12.4. The number of nitrogens with one attached hydrogen (secondary N) is 2. The number of methoxy groups -OCH3 is 1. The topological polar surface area (TPSA) is 66.1 Å². The quantitative estimate of drug-likeness (QED) is 0.298. The summed E-state index contributed by atoms with van der Waals surface area (Å²) in [6.45, 7) is 14.9. The molecule has 6 heteroatoms. The molecule has 0 saturated heterocycles. The van der Waals surface area contributed by atoms with Gasteiger partial charge in [0.1, 0.15) is 17.4 Å². The number of ether oxygens (including phenoxy) is 1. The molecule has 0 radical (unpaired) electrons. The first kappa shape index (κ1) is 24.7. The second-order valence-electron chi connectivity index (χ2n) is 9.87. The zero-order chi connectivity index (χ0) is 25.0. The van der Waals surface area contributed by atoms with Gasteiger partial charge in [-0.1, -0.05) is 52.8 Å². The number of aromatic nitrogens is 3. The molecule has 2 N–H and O–H groups in total. The van der Waals surface area contributed by atoms with Crippen molar-refractivity contribution in [3.63, 3.8) is 0 Å². The number of imidazole rings is 1. The van der Waals surface area contributed by atoms with Gasteiger partial charge in [-0.25, -0.2) is 9.97 Å². The molecule has 0 aliphatic carbocycles. The van der Waals surface area contributed by atoms with Crippen molar-refractivity contribution in [2.45, 2.75) is 40.0 Å². The number of hydrogen-bond donors (Lipinski definition) is 2. The molecule has 0 aliphatic heterocycles. The number of likely N-dealkylation sites (N-methyl/N-ethyl adjacent to an activating group) is 1. The predicted molar refractivity (Wildman–Crippen MR) is 146 cm³/mol. The van der Waals surface area contributed by atoms with Gasteiger partial charge in [0, 0.05) is 35.8 Å². The molecule has 0 amide bonds. The van der Waals surface area contributed by atoms with Crippen LogP contribution < -0.4 is 10.1 Å². The lowest BCUT2D eigenvalue weighted by molar-refractivity contribution is 0.316. The number of nitrogens with zero attached hydrogens (tertiary/aromatic N) is 3. The van der Waals surface area contributed by atoms with E-state index in [1.165, 1.54) is 0 Å². The van der Waals surface area contributed by atoms with E-state index >= 15 is 0 Å². The molecule has 4 rings (SSSR count). The summed E-state index contributed by atoms with van der Waals surface area (Å²) in [7, 11) is 1.70. The molecule has 6 nitrogen and oxygen atoms in total. The number of fused-ring (bicyclic) bond motifs is 1. The minimum absolute atomic E-state index is 0.102. The maximum absolute atomic E-state index is 5.39. The fourth-order valence-electron chi connectivity index (χ4n) is 4.21. The molecule has 0 unspecified atom stereocenters. The second kappa shape index (κ2) is 10.5. The first-order valence-corrected chi connectivity index (χ1v) is 12.4. The summed E-state index contributed by atoms with van der Waals surface area (Å²) in [5.74, 6) is 2.70. The highest BCUT2D eigenvalue weighted by Crippen LogP contribution is 2.35. The summed E-state index contributed by atoms with van der Waals surface area (Å²) in [5.41, 5.74) is 4.01. The molecule has 35 heavy (non-hydrogen) atoms. The lowest BCUT2D eigenvalue weighted by atomic mass is 9.96. The van der Waals surface area contributed by atoms with E-state index in [0.29, 0.717) is 0 Å². The van der Waals surface area contributed by atoms with Gasteiger partial charge in [0.25, 0.3) is 0 Å². The molecule has 4 aromatic rings. The third kappa shape index (κ3) is 5.65. The number of aromatic amines is 1. The molecule has 2 aromatic carbocycles. The van der Waals surface area contributed by atoms with Gasteiger partial charge in [0.2, 0.25) is 0 Å². The van der Waals surface area contributed by atoms with Gasteiger partial charge in [-0.3, -0.25) is 0 Å². The van der Waals surface area contributed by atoms with Gasteiger partial charge >= 0.3 is 0 Å². The standard InChI is InChI=1S/C29H37N5O/c1-7-34(8-2)16-15-31-25-19-23(13-14-30-25)27-26(32-28(33-27)29(3,4)5)22-10-9-21-18-24(35-6)12-11-20(21)17-22/h9-14,17-19H,7-8,15-16H2,1-6H3,(H,30,31)(H,32,33). The Morgan fingerprint density at radius 1 is 0.943 bits per heavy atom. The normalized spacial score (nSPS) is 11.9. The van der Waals surface area contributed by atoms with Gasteiger partial charge in [-0.15, -0.1) is 0 Å². The summed E-state index contributed by atoms with van der Waals surface area (Å²) < 4.78 is 5.39. The molecule has 2 heterocycles. The van der Waals surface area contributed by atoms with Crippen LogP contribution in [0.1, 0.15) is 40.4 Å². The van der Waals surface area contributed by atoms with Crippen LogP contribution in [0.2, 0.25) is 0 Å². The van der Waals surface area contributed by atoms with Gasteiger partial charge < -0.3 is 19.9 Å². The second-order valence-corrected chi connectivity index (χ2v) is 9.87. The van der Waals surface area contributed by atoms with E-state index < -0.39 is 0 Å². The average Bonchev–Trinajstić information content (AvgIpc) is 3.32. The van der Waals surface area contributed by atoms with Gasteiger partial charge in [0.15, 0.2) is 0 Å². The van der Waals surface area contributed by atoms with Crippen molar-refractivity contribution in [2.24, 2.45) is 0 Å².